The normalized spacial score (nSPS) is 11.9. The van der Waals surface area contributed by atoms with Gasteiger partial charge in [-0.2, -0.15) is 0 Å². The van der Waals surface area contributed by atoms with Crippen molar-refractivity contribution in [3.8, 4) is 0 Å². The first-order chi connectivity index (χ1) is 8.62. The second-order valence-corrected chi connectivity index (χ2v) is 6.27. The van der Waals surface area contributed by atoms with E-state index in [0.717, 1.165) is 6.42 Å². The van der Waals surface area contributed by atoms with Crippen molar-refractivity contribution in [1.29, 1.82) is 0 Å². The molecule has 0 saturated heterocycles. The lowest BCUT2D eigenvalue weighted by Crippen LogP contribution is -2.48. The third kappa shape index (κ3) is 9.47. The molecule has 5 heteroatoms. The van der Waals surface area contributed by atoms with Crippen LogP contribution < -0.4 is 5.32 Å². The third-order valence-electron chi connectivity index (χ3n) is 2.92. The molecule has 0 heterocycles. The fourth-order valence-corrected chi connectivity index (χ4v) is 1.61. The highest BCUT2D eigenvalue weighted by Crippen LogP contribution is 2.13. The van der Waals surface area contributed by atoms with Crippen molar-refractivity contribution in [2.45, 2.75) is 53.0 Å². The molecule has 19 heavy (non-hydrogen) atoms. The first kappa shape index (κ1) is 17.9. The summed E-state index contributed by atoms with van der Waals surface area (Å²) in [4.78, 5) is 24.4. The minimum Gasteiger partial charge on any atom is -0.481 e. The zero-order valence-corrected chi connectivity index (χ0v) is 12.8. The van der Waals surface area contributed by atoms with Crippen molar-refractivity contribution in [1.82, 2.24) is 10.2 Å². The summed E-state index contributed by atoms with van der Waals surface area (Å²) in [7, 11) is 0. The van der Waals surface area contributed by atoms with Crippen LogP contribution in [0, 0.1) is 5.92 Å². The molecule has 0 aromatic carbocycles. The van der Waals surface area contributed by atoms with Crippen LogP contribution >= 0.6 is 0 Å². The number of hydrogen-bond donors (Lipinski definition) is 2. The van der Waals surface area contributed by atoms with Gasteiger partial charge in [-0.15, -0.1) is 0 Å². The molecule has 0 aliphatic heterocycles. The van der Waals surface area contributed by atoms with Crippen LogP contribution in [-0.2, 0) is 9.59 Å². The smallest absolute Gasteiger partial charge is 0.304 e. The number of carbonyl (C=O) groups excluding carboxylic acids is 1. The van der Waals surface area contributed by atoms with Gasteiger partial charge >= 0.3 is 5.97 Å². The molecule has 0 aromatic rings. The van der Waals surface area contributed by atoms with E-state index in [2.05, 4.69) is 19.2 Å². The summed E-state index contributed by atoms with van der Waals surface area (Å²) in [6.07, 6.45) is 1.01. The number of aliphatic carboxylic acids is 1. The molecule has 112 valence electrons. The topological polar surface area (TPSA) is 69.6 Å². The predicted molar refractivity (Wildman–Crippen MR) is 76.0 cm³/mol. The maximum Gasteiger partial charge on any atom is 0.304 e. The number of nitrogens with one attached hydrogen (secondary N) is 1. The lowest BCUT2D eigenvalue weighted by atomic mass is 10.1. The molecule has 0 aromatic heterocycles. The van der Waals surface area contributed by atoms with Gasteiger partial charge in [0.1, 0.15) is 0 Å². The second kappa shape index (κ2) is 8.15. The fraction of sp³-hybridized carbons (Fsp3) is 0.857. The Labute approximate surface area is 116 Å². The molecule has 0 fully saturated rings. The van der Waals surface area contributed by atoms with E-state index >= 15 is 0 Å². The van der Waals surface area contributed by atoms with E-state index < -0.39 is 5.97 Å². The highest BCUT2D eigenvalue weighted by Gasteiger charge is 2.23. The van der Waals surface area contributed by atoms with Crippen molar-refractivity contribution in [2.75, 3.05) is 19.6 Å². The molecule has 0 aliphatic carbocycles. The van der Waals surface area contributed by atoms with Gasteiger partial charge in [-0.1, -0.05) is 13.8 Å². The zero-order chi connectivity index (χ0) is 15.1. The molecule has 0 aliphatic rings. The Morgan fingerprint density at radius 2 is 1.84 bits per heavy atom. The Bertz CT molecular complexity index is 296. The van der Waals surface area contributed by atoms with Crippen molar-refractivity contribution in [3.05, 3.63) is 0 Å². The van der Waals surface area contributed by atoms with Crippen LogP contribution in [0.5, 0.6) is 0 Å². The number of carboxylic acids is 1. The van der Waals surface area contributed by atoms with Crippen molar-refractivity contribution in [2.24, 2.45) is 5.92 Å². The largest absolute Gasteiger partial charge is 0.481 e. The van der Waals surface area contributed by atoms with Gasteiger partial charge in [0.15, 0.2) is 0 Å². The van der Waals surface area contributed by atoms with Crippen LogP contribution in [0.25, 0.3) is 0 Å². The Hall–Kier alpha value is -1.10. The number of nitrogens with zero attached hydrogens (tertiary/aromatic N) is 1. The summed E-state index contributed by atoms with van der Waals surface area (Å²) in [5, 5.41) is 11.6. The summed E-state index contributed by atoms with van der Waals surface area (Å²) in [6, 6.07) is 0. The van der Waals surface area contributed by atoms with Gasteiger partial charge in [-0.3, -0.25) is 14.5 Å². The minimum atomic E-state index is -0.838. The molecule has 0 rings (SSSR count). The average Bonchev–Trinajstić information content (AvgIpc) is 2.21. The first-order valence-electron chi connectivity index (χ1n) is 6.86. The van der Waals surface area contributed by atoms with Crippen LogP contribution in [0.2, 0.25) is 0 Å². The molecule has 0 bridgehead atoms. The predicted octanol–water partition coefficient (Wildman–Crippen LogP) is 1.72. The quantitative estimate of drug-likeness (QED) is 0.706. The number of hydrogen-bond acceptors (Lipinski definition) is 3. The van der Waals surface area contributed by atoms with E-state index in [1.54, 1.807) is 0 Å². The van der Waals surface area contributed by atoms with Crippen LogP contribution in [0.4, 0.5) is 0 Å². The Kier molecular flexibility index (Phi) is 7.68. The number of carbonyl (C=O) groups is 2. The maximum absolute atomic E-state index is 11.8. The van der Waals surface area contributed by atoms with Gasteiger partial charge < -0.3 is 10.4 Å². The summed E-state index contributed by atoms with van der Waals surface area (Å²) in [5.74, 6) is -0.318. The molecule has 5 nitrogen and oxygen atoms in total. The molecular weight excluding hydrogens is 244 g/mol. The fourth-order valence-electron chi connectivity index (χ4n) is 1.61. The van der Waals surface area contributed by atoms with E-state index in [4.69, 9.17) is 5.11 Å². The Morgan fingerprint density at radius 3 is 2.26 bits per heavy atom. The zero-order valence-electron chi connectivity index (χ0n) is 12.8. The molecule has 1 amide bonds. The van der Waals surface area contributed by atoms with Crippen LogP contribution in [0.1, 0.15) is 47.5 Å². The van der Waals surface area contributed by atoms with Crippen molar-refractivity contribution >= 4 is 11.9 Å². The van der Waals surface area contributed by atoms with Crippen LogP contribution in [-0.4, -0.2) is 47.1 Å². The lowest BCUT2D eigenvalue weighted by molar-refractivity contribution is -0.138. The summed E-state index contributed by atoms with van der Waals surface area (Å²) >= 11 is 0. The highest BCUT2D eigenvalue weighted by molar-refractivity contribution is 5.78. The van der Waals surface area contributed by atoms with E-state index in [1.165, 1.54) is 0 Å². The van der Waals surface area contributed by atoms with E-state index in [1.807, 2.05) is 25.7 Å². The van der Waals surface area contributed by atoms with Crippen molar-refractivity contribution in [3.63, 3.8) is 0 Å². The summed E-state index contributed by atoms with van der Waals surface area (Å²) in [5.41, 5.74) is -0.217. The SMILES string of the molecule is CC(C)CCNC(=O)CN(CCC(=O)O)C(C)(C)C. The molecule has 0 atom stereocenters. The average molecular weight is 272 g/mol. The Balaban J connectivity index is 4.24. The molecular formula is C14H28N2O3. The highest BCUT2D eigenvalue weighted by atomic mass is 16.4. The van der Waals surface area contributed by atoms with E-state index in [0.29, 0.717) is 19.0 Å². The minimum absolute atomic E-state index is 0.0408. The molecule has 2 N–H and O–H groups in total. The van der Waals surface area contributed by atoms with Crippen molar-refractivity contribution < 1.29 is 14.7 Å². The number of carboxylic acid groups (broad SMARTS) is 1. The number of amides is 1. The molecule has 0 radical (unpaired) electrons. The van der Waals surface area contributed by atoms with E-state index in [9.17, 15) is 9.59 Å². The molecule has 0 unspecified atom stereocenters. The third-order valence-corrected chi connectivity index (χ3v) is 2.92. The lowest BCUT2D eigenvalue weighted by Gasteiger charge is -2.34. The van der Waals surface area contributed by atoms with Gasteiger partial charge in [0.25, 0.3) is 0 Å². The monoisotopic (exact) mass is 272 g/mol. The summed E-state index contributed by atoms with van der Waals surface area (Å²) in [6.45, 7) is 11.5. The standard InChI is InChI=1S/C14H28N2O3/c1-11(2)6-8-15-12(17)10-16(14(3,4)5)9-7-13(18)19/h11H,6-10H2,1-5H3,(H,15,17)(H,18,19). The van der Waals surface area contributed by atoms with Gasteiger partial charge in [0, 0.05) is 18.6 Å². The second-order valence-electron chi connectivity index (χ2n) is 6.27. The number of rotatable bonds is 8. The summed E-state index contributed by atoms with van der Waals surface area (Å²) < 4.78 is 0. The molecule has 0 spiro atoms. The van der Waals surface area contributed by atoms with Gasteiger partial charge in [0.2, 0.25) is 5.91 Å². The maximum atomic E-state index is 11.8. The first-order valence-corrected chi connectivity index (χ1v) is 6.86. The van der Waals surface area contributed by atoms with Crippen LogP contribution in [0.3, 0.4) is 0 Å². The van der Waals surface area contributed by atoms with Crippen LogP contribution in [0.15, 0.2) is 0 Å². The van der Waals surface area contributed by atoms with E-state index in [-0.39, 0.29) is 24.4 Å². The molecule has 0 saturated carbocycles. The van der Waals surface area contributed by atoms with Gasteiger partial charge in [0.05, 0.1) is 13.0 Å². The van der Waals surface area contributed by atoms with Gasteiger partial charge in [-0.05, 0) is 33.1 Å². The Morgan fingerprint density at radius 1 is 1.26 bits per heavy atom. The van der Waals surface area contributed by atoms with Gasteiger partial charge in [-0.25, -0.2) is 0 Å².